The maximum absolute atomic E-state index is 10.8. The van der Waals surface area contributed by atoms with Gasteiger partial charge in [0, 0.05) is 13.6 Å². The molecule has 0 saturated carbocycles. The van der Waals surface area contributed by atoms with Gasteiger partial charge in [0.25, 0.3) is 0 Å². The average Bonchev–Trinajstić information content (AvgIpc) is 2.74. The lowest BCUT2D eigenvalue weighted by Crippen LogP contribution is -2.10. The second kappa shape index (κ2) is 5.51. The van der Waals surface area contributed by atoms with Gasteiger partial charge in [-0.3, -0.25) is 4.57 Å². The molecule has 0 fully saturated rings. The Hall–Kier alpha value is -2.37. The van der Waals surface area contributed by atoms with Crippen molar-refractivity contribution in [3.05, 3.63) is 51.8 Å². The van der Waals surface area contributed by atoms with E-state index in [9.17, 15) is 10.1 Å². The van der Waals surface area contributed by atoms with Crippen LogP contribution in [0.1, 0.15) is 11.1 Å². The zero-order valence-corrected chi connectivity index (χ0v) is 11.0. The molecular formula is C13H16N4O2. The number of hydrogen-bond acceptors (Lipinski definition) is 4. The average molecular weight is 260 g/mol. The van der Waals surface area contributed by atoms with Crippen LogP contribution < -0.4 is 5.32 Å². The fourth-order valence-corrected chi connectivity index (χ4v) is 1.96. The molecule has 0 aliphatic rings. The quantitative estimate of drug-likeness (QED) is 0.661. The van der Waals surface area contributed by atoms with Crippen molar-refractivity contribution in [1.29, 1.82) is 0 Å². The molecule has 0 spiro atoms. The largest absolute Gasteiger partial charge is 0.406 e. The number of rotatable bonds is 5. The van der Waals surface area contributed by atoms with Crippen LogP contribution in [0.2, 0.25) is 0 Å². The highest BCUT2D eigenvalue weighted by Gasteiger charge is 2.19. The van der Waals surface area contributed by atoms with Crippen LogP contribution in [0.25, 0.3) is 0 Å². The lowest BCUT2D eigenvalue weighted by atomic mass is 10.1. The summed E-state index contributed by atoms with van der Waals surface area (Å²) < 4.78 is 1.62. The molecular weight excluding hydrogens is 244 g/mol. The van der Waals surface area contributed by atoms with E-state index in [0.717, 1.165) is 6.42 Å². The van der Waals surface area contributed by atoms with E-state index >= 15 is 0 Å². The number of hydrogen-bond donors (Lipinski definition) is 1. The number of benzene rings is 1. The van der Waals surface area contributed by atoms with Gasteiger partial charge in [0.05, 0.1) is 0 Å². The van der Waals surface area contributed by atoms with Crippen molar-refractivity contribution in [1.82, 2.24) is 9.55 Å². The first-order valence-electron chi connectivity index (χ1n) is 6.03. The van der Waals surface area contributed by atoms with E-state index in [1.54, 1.807) is 11.6 Å². The Morgan fingerprint density at radius 2 is 2.16 bits per heavy atom. The summed E-state index contributed by atoms with van der Waals surface area (Å²) in [6, 6.07) is 8.11. The van der Waals surface area contributed by atoms with Gasteiger partial charge in [-0.15, -0.1) is 0 Å². The first-order chi connectivity index (χ1) is 9.09. The zero-order chi connectivity index (χ0) is 13.8. The van der Waals surface area contributed by atoms with Gasteiger partial charge in [-0.05, 0) is 34.4 Å². The van der Waals surface area contributed by atoms with Gasteiger partial charge in [-0.25, -0.2) is 0 Å². The van der Waals surface area contributed by atoms with Crippen molar-refractivity contribution >= 4 is 11.6 Å². The van der Waals surface area contributed by atoms with Crippen molar-refractivity contribution < 1.29 is 4.92 Å². The van der Waals surface area contributed by atoms with Gasteiger partial charge in [-0.1, -0.05) is 24.3 Å². The normalized spacial score (nSPS) is 10.4. The molecule has 6 nitrogen and oxygen atoms in total. The van der Waals surface area contributed by atoms with Crippen LogP contribution in [0, 0.1) is 17.0 Å². The highest BCUT2D eigenvalue weighted by molar-refractivity contribution is 5.52. The number of nitrogens with one attached hydrogen (secondary N) is 1. The first kappa shape index (κ1) is 13.1. The van der Waals surface area contributed by atoms with Gasteiger partial charge in [0.15, 0.2) is 0 Å². The number of anilines is 1. The molecule has 0 saturated heterocycles. The molecule has 2 aromatic rings. The molecule has 1 aromatic heterocycles. The highest BCUT2D eigenvalue weighted by atomic mass is 16.6. The van der Waals surface area contributed by atoms with E-state index < -0.39 is 4.92 Å². The maximum atomic E-state index is 10.8. The number of aromatic nitrogens is 2. The molecule has 0 aliphatic heterocycles. The van der Waals surface area contributed by atoms with Crippen LogP contribution in [0.3, 0.4) is 0 Å². The van der Waals surface area contributed by atoms with E-state index in [1.807, 2.05) is 12.1 Å². The number of aryl methyl sites for hydroxylation is 2. The lowest BCUT2D eigenvalue weighted by Gasteiger charge is -2.08. The van der Waals surface area contributed by atoms with Crippen molar-refractivity contribution in [2.75, 3.05) is 11.9 Å². The number of imidazole rings is 1. The third kappa shape index (κ3) is 2.90. The van der Waals surface area contributed by atoms with Gasteiger partial charge in [0.2, 0.25) is 12.1 Å². The minimum absolute atomic E-state index is 0.132. The smallest absolute Gasteiger partial charge is 0.364 e. The first-order valence-corrected chi connectivity index (χ1v) is 6.03. The molecule has 19 heavy (non-hydrogen) atoms. The summed E-state index contributed by atoms with van der Waals surface area (Å²) in [5.74, 6) is 0.311. The molecule has 1 N–H and O–H groups in total. The maximum Gasteiger partial charge on any atom is 0.406 e. The minimum atomic E-state index is -0.476. The Morgan fingerprint density at radius 3 is 2.84 bits per heavy atom. The standard InChI is InChI=1S/C13H16N4O2/c1-10-5-3-4-6-11(10)7-8-14-12-13(17(18)19)15-9-16(12)2/h3-6,9,14H,7-8H2,1-2H3. The predicted molar refractivity (Wildman–Crippen MR) is 73.2 cm³/mol. The van der Waals surface area contributed by atoms with Gasteiger partial charge in [-0.2, -0.15) is 0 Å². The van der Waals surface area contributed by atoms with Gasteiger partial charge < -0.3 is 15.4 Å². The molecule has 6 heteroatoms. The topological polar surface area (TPSA) is 73.0 Å². The van der Waals surface area contributed by atoms with Crippen molar-refractivity contribution in [3.8, 4) is 0 Å². The Balaban J connectivity index is 2.02. The Labute approximate surface area is 111 Å². The second-order valence-corrected chi connectivity index (χ2v) is 4.39. The Kier molecular flexibility index (Phi) is 3.79. The van der Waals surface area contributed by atoms with Crippen LogP contribution in [-0.4, -0.2) is 21.0 Å². The van der Waals surface area contributed by atoms with Crippen molar-refractivity contribution in [2.45, 2.75) is 13.3 Å². The van der Waals surface area contributed by atoms with Crippen molar-refractivity contribution in [3.63, 3.8) is 0 Å². The number of nitro groups is 1. The summed E-state index contributed by atoms with van der Waals surface area (Å²) in [5, 5.41) is 13.9. The molecule has 0 unspecified atom stereocenters. The molecule has 0 bridgehead atoms. The van der Waals surface area contributed by atoms with E-state index in [-0.39, 0.29) is 5.82 Å². The summed E-state index contributed by atoms with van der Waals surface area (Å²) in [4.78, 5) is 14.1. The van der Waals surface area contributed by atoms with Gasteiger partial charge in [0.1, 0.15) is 0 Å². The predicted octanol–water partition coefficient (Wildman–Crippen LogP) is 2.29. The Morgan fingerprint density at radius 1 is 1.42 bits per heavy atom. The van der Waals surface area contributed by atoms with E-state index in [4.69, 9.17) is 0 Å². The summed E-state index contributed by atoms with van der Waals surface area (Å²) in [6.45, 7) is 2.69. The molecule has 100 valence electrons. The molecule has 0 amide bonds. The van der Waals surface area contributed by atoms with Crippen molar-refractivity contribution in [2.24, 2.45) is 7.05 Å². The molecule has 2 rings (SSSR count). The van der Waals surface area contributed by atoms with E-state index in [1.165, 1.54) is 17.5 Å². The van der Waals surface area contributed by atoms with Crippen LogP contribution in [0.5, 0.6) is 0 Å². The fourth-order valence-electron chi connectivity index (χ4n) is 1.96. The van der Waals surface area contributed by atoms with Crippen LogP contribution >= 0.6 is 0 Å². The molecule has 0 aliphatic carbocycles. The van der Waals surface area contributed by atoms with E-state index in [2.05, 4.69) is 29.4 Å². The van der Waals surface area contributed by atoms with Crippen LogP contribution in [0.15, 0.2) is 30.6 Å². The SMILES string of the molecule is Cc1ccccc1CCNc1c([N+](=O)[O-])ncn1C. The van der Waals surface area contributed by atoms with Gasteiger partial charge >= 0.3 is 5.82 Å². The molecule has 1 heterocycles. The second-order valence-electron chi connectivity index (χ2n) is 4.39. The Bertz CT molecular complexity index is 592. The fraction of sp³-hybridized carbons (Fsp3) is 0.308. The highest BCUT2D eigenvalue weighted by Crippen LogP contribution is 2.20. The third-order valence-corrected chi connectivity index (χ3v) is 3.04. The third-order valence-electron chi connectivity index (χ3n) is 3.04. The summed E-state index contributed by atoms with van der Waals surface area (Å²) in [5.41, 5.74) is 2.46. The van der Waals surface area contributed by atoms with Crippen LogP contribution in [0.4, 0.5) is 11.6 Å². The minimum Gasteiger partial charge on any atom is -0.364 e. The van der Waals surface area contributed by atoms with E-state index in [0.29, 0.717) is 12.4 Å². The molecule has 0 atom stereocenters. The lowest BCUT2D eigenvalue weighted by molar-refractivity contribution is -0.388. The summed E-state index contributed by atoms with van der Waals surface area (Å²) in [7, 11) is 1.73. The summed E-state index contributed by atoms with van der Waals surface area (Å²) >= 11 is 0. The van der Waals surface area contributed by atoms with Crippen LogP contribution in [-0.2, 0) is 13.5 Å². The summed E-state index contributed by atoms with van der Waals surface area (Å²) in [6.07, 6.45) is 2.25. The zero-order valence-electron chi connectivity index (χ0n) is 11.0. The molecule has 0 radical (unpaired) electrons. The molecule has 1 aromatic carbocycles. The monoisotopic (exact) mass is 260 g/mol. The number of nitrogens with zero attached hydrogens (tertiary/aromatic N) is 3.